The number of rotatable bonds is 1. The normalized spacial score (nSPS) is 10.5. The summed E-state index contributed by atoms with van der Waals surface area (Å²) in [6.45, 7) is 3.96. The van der Waals surface area contributed by atoms with Crippen LogP contribution in [0.15, 0.2) is 16.6 Å². The van der Waals surface area contributed by atoms with Crippen LogP contribution in [0.1, 0.15) is 23.6 Å². The van der Waals surface area contributed by atoms with Crippen molar-refractivity contribution in [1.29, 1.82) is 5.26 Å². The number of fused-ring (bicyclic) bond motifs is 1. The standard InChI is InChI=1S/C13H10BrClN2/c1-3-8-10(6-16)9-4-7(2)5-11(14)12(9)17-13(8)15/h4-5H,3H2,1-2H3. The first-order valence-electron chi connectivity index (χ1n) is 5.26. The van der Waals surface area contributed by atoms with Crippen molar-refractivity contribution in [1.82, 2.24) is 4.98 Å². The minimum absolute atomic E-state index is 0.418. The van der Waals surface area contributed by atoms with Gasteiger partial charge in [0, 0.05) is 15.4 Å². The van der Waals surface area contributed by atoms with Crippen molar-refractivity contribution in [2.45, 2.75) is 20.3 Å². The summed E-state index contributed by atoms with van der Waals surface area (Å²) in [4.78, 5) is 4.36. The maximum atomic E-state index is 9.30. The van der Waals surface area contributed by atoms with Crippen LogP contribution in [0.4, 0.5) is 0 Å². The van der Waals surface area contributed by atoms with Gasteiger partial charge in [-0.15, -0.1) is 0 Å². The second-order valence-electron chi connectivity index (χ2n) is 3.86. The first kappa shape index (κ1) is 12.3. The van der Waals surface area contributed by atoms with Crippen molar-refractivity contribution in [2.24, 2.45) is 0 Å². The van der Waals surface area contributed by atoms with E-state index in [-0.39, 0.29) is 0 Å². The number of aryl methyl sites for hydroxylation is 1. The van der Waals surface area contributed by atoms with Gasteiger partial charge in [-0.25, -0.2) is 4.98 Å². The summed E-state index contributed by atoms with van der Waals surface area (Å²) < 4.78 is 0.869. The quantitative estimate of drug-likeness (QED) is 0.732. The van der Waals surface area contributed by atoms with Gasteiger partial charge in [-0.05, 0) is 47.0 Å². The van der Waals surface area contributed by atoms with Gasteiger partial charge >= 0.3 is 0 Å². The summed E-state index contributed by atoms with van der Waals surface area (Å²) in [5, 5.41) is 10.6. The fourth-order valence-electron chi connectivity index (χ4n) is 1.92. The predicted octanol–water partition coefficient (Wildman–Crippen LogP) is 4.39. The molecule has 17 heavy (non-hydrogen) atoms. The molecule has 1 aromatic heterocycles. The van der Waals surface area contributed by atoms with Gasteiger partial charge in [0.2, 0.25) is 0 Å². The summed E-state index contributed by atoms with van der Waals surface area (Å²) in [6.07, 6.45) is 0.705. The summed E-state index contributed by atoms with van der Waals surface area (Å²) in [5.74, 6) is 0. The van der Waals surface area contributed by atoms with E-state index in [1.807, 2.05) is 26.0 Å². The van der Waals surface area contributed by atoms with E-state index in [9.17, 15) is 5.26 Å². The topological polar surface area (TPSA) is 36.7 Å². The molecule has 0 saturated heterocycles. The smallest absolute Gasteiger partial charge is 0.134 e. The van der Waals surface area contributed by atoms with Crippen molar-refractivity contribution in [3.8, 4) is 6.07 Å². The molecule has 0 spiro atoms. The number of benzene rings is 1. The molecule has 0 aliphatic carbocycles. The van der Waals surface area contributed by atoms with E-state index in [4.69, 9.17) is 11.6 Å². The van der Waals surface area contributed by atoms with Crippen LogP contribution < -0.4 is 0 Å². The van der Waals surface area contributed by atoms with E-state index in [2.05, 4.69) is 27.0 Å². The lowest BCUT2D eigenvalue weighted by Crippen LogP contribution is -1.96. The molecule has 2 aromatic rings. The molecule has 0 amide bonds. The molecule has 0 aliphatic heterocycles. The number of nitriles is 1. The molecule has 0 unspecified atom stereocenters. The molecule has 2 rings (SSSR count). The van der Waals surface area contributed by atoms with E-state index < -0.39 is 0 Å². The second kappa shape index (κ2) is 4.64. The highest BCUT2D eigenvalue weighted by Gasteiger charge is 2.14. The lowest BCUT2D eigenvalue weighted by atomic mass is 10.0. The molecule has 0 N–H and O–H groups in total. The molecule has 0 atom stereocenters. The molecule has 1 heterocycles. The van der Waals surface area contributed by atoms with Gasteiger partial charge in [0.25, 0.3) is 0 Å². The van der Waals surface area contributed by atoms with Gasteiger partial charge in [0.05, 0.1) is 11.1 Å². The second-order valence-corrected chi connectivity index (χ2v) is 5.08. The maximum absolute atomic E-state index is 9.30. The average molecular weight is 310 g/mol. The first-order valence-corrected chi connectivity index (χ1v) is 6.44. The fraction of sp³-hybridized carbons (Fsp3) is 0.231. The molecule has 0 radical (unpaired) electrons. The number of hydrogen-bond donors (Lipinski definition) is 0. The van der Waals surface area contributed by atoms with Gasteiger partial charge in [-0.1, -0.05) is 18.5 Å². The Morgan fingerprint density at radius 2 is 2.18 bits per heavy atom. The number of halogens is 2. The molecule has 0 aliphatic rings. The van der Waals surface area contributed by atoms with Crippen molar-refractivity contribution in [3.05, 3.63) is 38.4 Å². The first-order chi connectivity index (χ1) is 8.08. The zero-order valence-electron chi connectivity index (χ0n) is 9.51. The number of pyridine rings is 1. The predicted molar refractivity (Wildman–Crippen MR) is 73.3 cm³/mol. The van der Waals surface area contributed by atoms with Gasteiger partial charge in [0.15, 0.2) is 0 Å². The Morgan fingerprint density at radius 3 is 2.76 bits per heavy atom. The third kappa shape index (κ3) is 2.03. The molecular weight excluding hydrogens is 300 g/mol. The van der Waals surface area contributed by atoms with E-state index in [0.29, 0.717) is 17.1 Å². The fourth-order valence-corrected chi connectivity index (χ4v) is 2.90. The highest BCUT2D eigenvalue weighted by atomic mass is 79.9. The maximum Gasteiger partial charge on any atom is 0.134 e. The van der Waals surface area contributed by atoms with Crippen molar-refractivity contribution in [3.63, 3.8) is 0 Å². The number of nitrogens with zero attached hydrogens (tertiary/aromatic N) is 2. The largest absolute Gasteiger partial charge is 0.235 e. The molecular formula is C13H10BrClN2. The third-order valence-corrected chi connectivity index (χ3v) is 3.62. The lowest BCUT2D eigenvalue weighted by Gasteiger charge is -2.09. The SMILES string of the molecule is CCc1c(Cl)nc2c(Br)cc(C)cc2c1C#N. The number of aromatic nitrogens is 1. The summed E-state index contributed by atoms with van der Waals surface area (Å²) >= 11 is 9.58. The summed E-state index contributed by atoms with van der Waals surface area (Å²) in [7, 11) is 0. The van der Waals surface area contributed by atoms with Gasteiger partial charge in [-0.2, -0.15) is 5.26 Å². The Kier molecular flexibility index (Phi) is 3.37. The summed E-state index contributed by atoms with van der Waals surface area (Å²) in [5.41, 5.74) is 3.28. The molecule has 1 aromatic carbocycles. The third-order valence-electron chi connectivity index (χ3n) is 2.70. The number of hydrogen-bond acceptors (Lipinski definition) is 2. The van der Waals surface area contributed by atoms with Crippen LogP contribution in [0.5, 0.6) is 0 Å². The lowest BCUT2D eigenvalue weighted by molar-refractivity contribution is 1.11. The van der Waals surface area contributed by atoms with Gasteiger partial charge < -0.3 is 0 Å². The van der Waals surface area contributed by atoms with Crippen LogP contribution in [0.3, 0.4) is 0 Å². The van der Waals surface area contributed by atoms with E-state index >= 15 is 0 Å². The highest BCUT2D eigenvalue weighted by molar-refractivity contribution is 9.10. The zero-order valence-corrected chi connectivity index (χ0v) is 11.9. The molecule has 2 nitrogen and oxygen atoms in total. The zero-order chi connectivity index (χ0) is 12.6. The van der Waals surface area contributed by atoms with E-state index in [1.165, 1.54) is 0 Å². The van der Waals surface area contributed by atoms with Crippen LogP contribution in [0, 0.1) is 18.3 Å². The molecule has 0 fully saturated rings. The van der Waals surface area contributed by atoms with E-state index in [1.54, 1.807) is 0 Å². The monoisotopic (exact) mass is 308 g/mol. The van der Waals surface area contributed by atoms with Crippen LogP contribution in [0.2, 0.25) is 5.15 Å². The van der Waals surface area contributed by atoms with Crippen molar-refractivity contribution >= 4 is 38.4 Å². The molecule has 4 heteroatoms. The average Bonchev–Trinajstić information content (AvgIpc) is 2.28. The minimum Gasteiger partial charge on any atom is -0.235 e. The Balaban J connectivity index is 3.00. The molecule has 86 valence electrons. The van der Waals surface area contributed by atoms with Crippen LogP contribution in [-0.2, 0) is 6.42 Å². The van der Waals surface area contributed by atoms with Crippen molar-refractivity contribution < 1.29 is 0 Å². The Hall–Kier alpha value is -1.11. The molecule has 0 bridgehead atoms. The highest BCUT2D eigenvalue weighted by Crippen LogP contribution is 2.31. The summed E-state index contributed by atoms with van der Waals surface area (Å²) in [6, 6.07) is 6.18. The van der Waals surface area contributed by atoms with Gasteiger partial charge in [-0.3, -0.25) is 0 Å². The Labute approximate surface area is 113 Å². The van der Waals surface area contributed by atoms with Crippen LogP contribution in [-0.4, -0.2) is 4.98 Å². The van der Waals surface area contributed by atoms with Crippen molar-refractivity contribution in [2.75, 3.05) is 0 Å². The minimum atomic E-state index is 0.418. The van der Waals surface area contributed by atoms with E-state index in [0.717, 1.165) is 26.5 Å². The van der Waals surface area contributed by atoms with Gasteiger partial charge in [0.1, 0.15) is 11.2 Å². The Morgan fingerprint density at radius 1 is 1.47 bits per heavy atom. The van der Waals surface area contributed by atoms with Crippen LogP contribution in [0.25, 0.3) is 10.9 Å². The molecule has 0 saturated carbocycles. The van der Waals surface area contributed by atoms with Crippen LogP contribution >= 0.6 is 27.5 Å². The Bertz CT molecular complexity index is 644.